The zero-order valence-corrected chi connectivity index (χ0v) is 31.7. The first-order chi connectivity index (χ1) is 28.8. The van der Waals surface area contributed by atoms with Crippen LogP contribution in [0.2, 0.25) is 0 Å². The van der Waals surface area contributed by atoms with Gasteiger partial charge in [-0.3, -0.25) is 9.97 Å². The molecule has 5 nitrogen and oxygen atoms in total. The summed E-state index contributed by atoms with van der Waals surface area (Å²) < 4.78 is 4.83. The third-order valence-electron chi connectivity index (χ3n) is 11.3. The normalized spacial score (nSPS) is 12.6. The maximum atomic E-state index is 5.02. The largest absolute Gasteiger partial charge is 0.310 e. The molecule has 0 saturated carbocycles. The average molecular weight is 744 g/mol. The number of pyridine rings is 3. The maximum Gasteiger partial charge on any atom is 0.0900 e. The molecule has 58 heavy (non-hydrogen) atoms. The molecular weight excluding hydrogens is 707 g/mol. The number of aryl methyl sites for hydroxylation is 1. The molecule has 0 radical (unpaired) electrons. The Bertz CT molecular complexity index is 3150. The van der Waals surface area contributed by atoms with Crippen LogP contribution in [0.3, 0.4) is 0 Å². The van der Waals surface area contributed by atoms with E-state index in [4.69, 9.17) is 4.98 Å². The van der Waals surface area contributed by atoms with Crippen molar-refractivity contribution in [1.82, 2.24) is 24.1 Å². The molecule has 0 atom stereocenters. The summed E-state index contributed by atoms with van der Waals surface area (Å²) in [4.78, 5) is 14.3. The van der Waals surface area contributed by atoms with Crippen LogP contribution in [-0.4, -0.2) is 24.1 Å². The van der Waals surface area contributed by atoms with Crippen molar-refractivity contribution >= 4 is 38.8 Å². The van der Waals surface area contributed by atoms with Gasteiger partial charge in [0.15, 0.2) is 0 Å². The van der Waals surface area contributed by atoms with Gasteiger partial charge < -0.3 is 9.13 Å². The first-order valence-electron chi connectivity index (χ1n) is 19.8. The van der Waals surface area contributed by atoms with E-state index in [-0.39, 0.29) is 0 Å². The molecule has 0 N–H and O–H groups in total. The smallest absolute Gasteiger partial charge is 0.0900 e. The lowest BCUT2D eigenvalue weighted by Crippen LogP contribution is -1.99. The molecule has 5 heterocycles. The Balaban J connectivity index is 1.07. The second-order valence-electron chi connectivity index (χ2n) is 14.8. The fraction of sp³-hybridized carbons (Fsp3) is 0.0377. The second-order valence-corrected chi connectivity index (χ2v) is 14.8. The van der Waals surface area contributed by atoms with Gasteiger partial charge in [-0.1, -0.05) is 97.1 Å². The van der Waals surface area contributed by atoms with E-state index < -0.39 is 0 Å². The molecule has 5 heteroatoms. The molecule has 0 unspecified atom stereocenters. The first-order valence-corrected chi connectivity index (χ1v) is 19.8. The van der Waals surface area contributed by atoms with Crippen LogP contribution in [0.25, 0.3) is 95.2 Å². The van der Waals surface area contributed by atoms with Gasteiger partial charge in [0.25, 0.3) is 0 Å². The summed E-state index contributed by atoms with van der Waals surface area (Å²) in [5.41, 5.74) is 16.3. The SMILES string of the molecule is C1=CCCc2c(n(-c3cccc(-c4cc(-c5ccccn5)nc(-c5ccccn5)c4)c3)c3ccc(-c4ccc5c6ccccc6n(-c6ccccc6)c5c4)cc23)C=C1. The molecule has 1 aliphatic carbocycles. The molecule has 0 bridgehead atoms. The van der Waals surface area contributed by atoms with Gasteiger partial charge in [-0.25, -0.2) is 4.98 Å². The van der Waals surface area contributed by atoms with Crippen LogP contribution in [0.15, 0.2) is 194 Å². The van der Waals surface area contributed by atoms with E-state index in [0.717, 1.165) is 58.1 Å². The van der Waals surface area contributed by atoms with Crippen molar-refractivity contribution in [3.63, 3.8) is 0 Å². The minimum Gasteiger partial charge on any atom is -0.310 e. The van der Waals surface area contributed by atoms with Crippen LogP contribution in [0, 0.1) is 0 Å². The summed E-state index contributed by atoms with van der Waals surface area (Å²) in [6.07, 6.45) is 14.4. The van der Waals surface area contributed by atoms with E-state index in [1.54, 1.807) is 0 Å². The first kappa shape index (κ1) is 33.7. The third-order valence-corrected chi connectivity index (χ3v) is 11.3. The highest BCUT2D eigenvalue weighted by atomic mass is 15.0. The number of fused-ring (bicyclic) bond motifs is 6. The molecule has 0 spiro atoms. The summed E-state index contributed by atoms with van der Waals surface area (Å²) in [5, 5.41) is 3.79. The molecule has 1 aliphatic rings. The van der Waals surface area contributed by atoms with E-state index in [1.807, 2.05) is 48.8 Å². The highest BCUT2D eigenvalue weighted by molar-refractivity contribution is 6.10. The predicted octanol–water partition coefficient (Wildman–Crippen LogP) is 13.1. The Labute approximate surface area is 336 Å². The summed E-state index contributed by atoms with van der Waals surface area (Å²) in [6.45, 7) is 0. The topological polar surface area (TPSA) is 48.5 Å². The molecule has 0 aliphatic heterocycles. The van der Waals surface area contributed by atoms with Crippen molar-refractivity contribution in [2.24, 2.45) is 0 Å². The number of hydrogen-bond acceptors (Lipinski definition) is 3. The Morgan fingerprint density at radius 2 is 1.09 bits per heavy atom. The van der Waals surface area contributed by atoms with Gasteiger partial charge in [-0.05, 0) is 132 Å². The second kappa shape index (κ2) is 14.1. The van der Waals surface area contributed by atoms with Gasteiger partial charge in [0.05, 0.1) is 45.0 Å². The summed E-state index contributed by atoms with van der Waals surface area (Å²) >= 11 is 0. The molecule has 11 rings (SSSR count). The average Bonchev–Trinajstić information content (AvgIpc) is 3.77. The van der Waals surface area contributed by atoms with Gasteiger partial charge in [-0.2, -0.15) is 0 Å². The minimum absolute atomic E-state index is 0.810. The van der Waals surface area contributed by atoms with E-state index in [1.165, 1.54) is 55.1 Å². The molecule has 10 aromatic rings. The van der Waals surface area contributed by atoms with Crippen molar-refractivity contribution in [1.29, 1.82) is 0 Å². The van der Waals surface area contributed by atoms with Crippen LogP contribution < -0.4 is 0 Å². The van der Waals surface area contributed by atoms with Crippen LogP contribution >= 0.6 is 0 Å². The third kappa shape index (κ3) is 5.84. The van der Waals surface area contributed by atoms with E-state index in [2.05, 4.69) is 171 Å². The van der Waals surface area contributed by atoms with Gasteiger partial charge >= 0.3 is 0 Å². The number of para-hydroxylation sites is 2. The van der Waals surface area contributed by atoms with Gasteiger partial charge in [0.1, 0.15) is 0 Å². The predicted molar refractivity (Wildman–Crippen MR) is 239 cm³/mol. The highest BCUT2D eigenvalue weighted by Crippen LogP contribution is 2.39. The number of aromatic nitrogens is 5. The van der Waals surface area contributed by atoms with E-state index in [9.17, 15) is 0 Å². The molecule has 0 fully saturated rings. The highest BCUT2D eigenvalue weighted by Gasteiger charge is 2.20. The monoisotopic (exact) mass is 743 g/mol. The lowest BCUT2D eigenvalue weighted by molar-refractivity contribution is 0.984. The van der Waals surface area contributed by atoms with Gasteiger partial charge in [0, 0.05) is 39.9 Å². The van der Waals surface area contributed by atoms with Crippen molar-refractivity contribution < 1.29 is 0 Å². The lowest BCUT2D eigenvalue weighted by Gasteiger charge is -2.14. The van der Waals surface area contributed by atoms with E-state index >= 15 is 0 Å². The Kier molecular flexibility index (Phi) is 8.21. The Hall–Kier alpha value is -7.63. The van der Waals surface area contributed by atoms with Crippen LogP contribution in [-0.2, 0) is 6.42 Å². The standard InChI is InChI=1S/C53H37N5/c1-2-7-23-51-43(19-6-1)45-32-37(38-25-27-44-42-20-8-9-24-50(42)57(53(44)35-38)40-16-4-3-5-17-40)26-28-52(45)58(51)41-18-14-15-36(31-41)39-33-48(46-21-10-12-29-54-46)56-49(34-39)47-22-11-13-30-55-47/h1-5,7-18,20-35H,6,19H2. The summed E-state index contributed by atoms with van der Waals surface area (Å²) in [7, 11) is 0. The minimum atomic E-state index is 0.810. The summed E-state index contributed by atoms with van der Waals surface area (Å²) in [5.74, 6) is 0. The number of nitrogens with zero attached hydrogens (tertiary/aromatic N) is 5. The van der Waals surface area contributed by atoms with Crippen molar-refractivity contribution in [2.45, 2.75) is 12.8 Å². The molecule has 274 valence electrons. The number of rotatable bonds is 6. The van der Waals surface area contributed by atoms with Crippen LogP contribution in [0.4, 0.5) is 0 Å². The Morgan fingerprint density at radius 1 is 0.414 bits per heavy atom. The molecule has 0 saturated heterocycles. The number of benzene rings is 5. The molecule has 5 aromatic heterocycles. The quantitative estimate of drug-likeness (QED) is 0.170. The van der Waals surface area contributed by atoms with Crippen molar-refractivity contribution in [2.75, 3.05) is 0 Å². The molecule has 5 aromatic carbocycles. The van der Waals surface area contributed by atoms with Gasteiger partial charge in [0.2, 0.25) is 0 Å². The zero-order valence-electron chi connectivity index (χ0n) is 31.7. The van der Waals surface area contributed by atoms with Crippen LogP contribution in [0.1, 0.15) is 17.7 Å². The fourth-order valence-electron chi connectivity index (χ4n) is 8.64. The number of allylic oxidation sites excluding steroid dienone is 3. The summed E-state index contributed by atoms with van der Waals surface area (Å²) in [6, 6.07) is 58.3. The van der Waals surface area contributed by atoms with E-state index in [0.29, 0.717) is 0 Å². The Morgan fingerprint density at radius 3 is 1.88 bits per heavy atom. The lowest BCUT2D eigenvalue weighted by atomic mass is 9.98. The maximum absolute atomic E-state index is 5.02. The van der Waals surface area contributed by atoms with Crippen molar-refractivity contribution in [3.8, 4) is 56.4 Å². The number of hydrogen-bond donors (Lipinski definition) is 0. The molecular formula is C53H37N5. The fourth-order valence-corrected chi connectivity index (χ4v) is 8.64. The van der Waals surface area contributed by atoms with Crippen molar-refractivity contribution in [3.05, 3.63) is 206 Å². The van der Waals surface area contributed by atoms with Crippen LogP contribution in [0.5, 0.6) is 0 Å². The zero-order chi connectivity index (χ0) is 38.4. The molecule has 0 amide bonds. The van der Waals surface area contributed by atoms with Gasteiger partial charge in [-0.15, -0.1) is 0 Å².